The van der Waals surface area contributed by atoms with E-state index in [1.165, 1.54) is 12.4 Å². The third kappa shape index (κ3) is 4.90. The molecule has 128 valence electrons. The van der Waals surface area contributed by atoms with E-state index in [0.717, 1.165) is 0 Å². The standard InChI is InChI=1S/C7H4BrFN2.C6H6BrFN2.CH2O2/c8-4-1-2-5-7(6(4)9)11-3-10-5;7-3-1-2-4(9)6(10)5(3)8;2-1-3/h1-3H,(H,10,11);1-2H,9-10H2;1H,(H,2,3). The van der Waals surface area contributed by atoms with Crippen LogP contribution in [0.15, 0.2) is 39.5 Å². The van der Waals surface area contributed by atoms with Crippen molar-refractivity contribution in [3.05, 3.63) is 51.2 Å². The lowest BCUT2D eigenvalue weighted by molar-refractivity contribution is -0.122. The van der Waals surface area contributed by atoms with Gasteiger partial charge in [0.05, 0.1) is 32.2 Å². The predicted molar refractivity (Wildman–Crippen MR) is 95.4 cm³/mol. The topological polar surface area (TPSA) is 118 Å². The molecule has 24 heavy (non-hydrogen) atoms. The van der Waals surface area contributed by atoms with Crippen LogP contribution < -0.4 is 11.5 Å². The normalized spacial score (nSPS) is 9.50. The summed E-state index contributed by atoms with van der Waals surface area (Å²) in [6, 6.07) is 6.48. The van der Waals surface area contributed by atoms with Crippen LogP contribution >= 0.6 is 31.9 Å². The minimum atomic E-state index is -0.500. The minimum absolute atomic E-state index is 0.00521. The Kier molecular flexibility index (Phi) is 7.59. The molecule has 1 heterocycles. The van der Waals surface area contributed by atoms with Crippen LogP contribution in [0, 0.1) is 11.6 Å². The Morgan fingerprint density at radius 1 is 1.08 bits per heavy atom. The third-order valence-electron chi connectivity index (χ3n) is 2.65. The number of imidazole rings is 1. The maximum atomic E-state index is 13.1. The first kappa shape index (κ1) is 19.8. The summed E-state index contributed by atoms with van der Waals surface area (Å²) < 4.78 is 26.6. The minimum Gasteiger partial charge on any atom is -0.483 e. The molecular formula is C14H12Br2F2N4O2. The Labute approximate surface area is 152 Å². The van der Waals surface area contributed by atoms with Gasteiger partial charge in [-0.2, -0.15) is 0 Å². The highest BCUT2D eigenvalue weighted by Gasteiger charge is 2.06. The Morgan fingerprint density at radius 2 is 1.62 bits per heavy atom. The maximum Gasteiger partial charge on any atom is 0.290 e. The molecule has 0 saturated heterocycles. The van der Waals surface area contributed by atoms with Crippen LogP contribution in [0.25, 0.3) is 11.0 Å². The van der Waals surface area contributed by atoms with Crippen LogP contribution in [-0.2, 0) is 4.79 Å². The van der Waals surface area contributed by atoms with Crippen molar-refractivity contribution in [1.29, 1.82) is 0 Å². The summed E-state index contributed by atoms with van der Waals surface area (Å²) in [4.78, 5) is 15.0. The van der Waals surface area contributed by atoms with Crippen LogP contribution in [0.1, 0.15) is 0 Å². The molecule has 0 aliphatic rings. The van der Waals surface area contributed by atoms with Crippen molar-refractivity contribution in [3.8, 4) is 0 Å². The number of aromatic nitrogens is 2. The molecule has 0 amide bonds. The lowest BCUT2D eigenvalue weighted by Crippen LogP contribution is -1.97. The van der Waals surface area contributed by atoms with Crippen LogP contribution in [0.5, 0.6) is 0 Å². The second kappa shape index (κ2) is 9.18. The van der Waals surface area contributed by atoms with Crippen LogP contribution in [0.3, 0.4) is 0 Å². The number of rotatable bonds is 0. The zero-order chi connectivity index (χ0) is 18.3. The summed E-state index contributed by atoms with van der Waals surface area (Å²) in [5.74, 6) is -0.816. The molecule has 0 radical (unpaired) electrons. The van der Waals surface area contributed by atoms with E-state index in [1.54, 1.807) is 18.2 Å². The average Bonchev–Trinajstić information content (AvgIpc) is 3.03. The molecule has 3 aromatic rings. The fourth-order valence-corrected chi connectivity index (χ4v) is 2.20. The van der Waals surface area contributed by atoms with Crippen molar-refractivity contribution >= 4 is 60.7 Å². The van der Waals surface area contributed by atoms with Gasteiger partial charge in [0, 0.05) is 0 Å². The molecule has 3 rings (SSSR count). The molecule has 10 heteroatoms. The number of aromatic amines is 1. The van der Waals surface area contributed by atoms with Crippen molar-refractivity contribution in [2.24, 2.45) is 0 Å². The smallest absolute Gasteiger partial charge is 0.290 e. The highest BCUT2D eigenvalue weighted by atomic mass is 79.9. The SMILES string of the molecule is Fc1c(Br)ccc2[nH]cnc12.Nc1ccc(Br)c(F)c1N.O=CO. The quantitative estimate of drug-likeness (QED) is 0.296. The summed E-state index contributed by atoms with van der Waals surface area (Å²) in [5.41, 5.74) is 11.9. The molecule has 1 aromatic heterocycles. The van der Waals surface area contributed by atoms with Crippen molar-refractivity contribution in [2.75, 3.05) is 11.5 Å². The van der Waals surface area contributed by atoms with Gasteiger partial charge in [0.2, 0.25) is 0 Å². The number of benzene rings is 2. The molecule has 2 aromatic carbocycles. The number of halogens is 4. The highest BCUT2D eigenvalue weighted by Crippen LogP contribution is 2.25. The van der Waals surface area contributed by atoms with Crippen molar-refractivity contribution in [3.63, 3.8) is 0 Å². The molecule has 0 bridgehead atoms. The predicted octanol–water partition coefficient (Wildman–Crippen LogP) is 3.92. The Balaban J connectivity index is 0.000000208. The number of nitrogens with one attached hydrogen (secondary N) is 1. The van der Waals surface area contributed by atoms with E-state index in [0.29, 0.717) is 20.0 Å². The van der Waals surface area contributed by atoms with Gasteiger partial charge in [-0.25, -0.2) is 13.8 Å². The number of nitrogens with two attached hydrogens (primary N) is 2. The van der Waals surface area contributed by atoms with Crippen molar-refractivity contribution < 1.29 is 18.7 Å². The lowest BCUT2D eigenvalue weighted by Gasteiger charge is -2.01. The summed E-state index contributed by atoms with van der Waals surface area (Å²) in [6.07, 6.45) is 1.47. The Bertz CT molecular complexity index is 816. The number of fused-ring (bicyclic) bond motifs is 1. The van der Waals surface area contributed by atoms with E-state index in [2.05, 4.69) is 41.8 Å². The van der Waals surface area contributed by atoms with Crippen molar-refractivity contribution in [2.45, 2.75) is 0 Å². The Hall–Kier alpha value is -2.20. The molecule has 0 fully saturated rings. The second-order valence-electron chi connectivity index (χ2n) is 4.13. The van der Waals surface area contributed by atoms with Gasteiger partial charge in [0.15, 0.2) is 11.6 Å². The van der Waals surface area contributed by atoms with Gasteiger partial charge >= 0.3 is 0 Å². The molecule has 0 unspecified atom stereocenters. The van der Waals surface area contributed by atoms with E-state index in [9.17, 15) is 8.78 Å². The van der Waals surface area contributed by atoms with Gasteiger partial charge < -0.3 is 21.6 Å². The van der Waals surface area contributed by atoms with Crippen LogP contribution in [0.4, 0.5) is 20.2 Å². The lowest BCUT2D eigenvalue weighted by atomic mass is 10.3. The fraction of sp³-hybridized carbons (Fsp3) is 0. The van der Waals surface area contributed by atoms with E-state index in [4.69, 9.17) is 21.4 Å². The zero-order valence-electron chi connectivity index (χ0n) is 11.9. The molecule has 6 N–H and O–H groups in total. The molecule has 6 nitrogen and oxygen atoms in total. The summed E-state index contributed by atoms with van der Waals surface area (Å²) in [7, 11) is 0. The average molecular weight is 466 g/mol. The fourth-order valence-electron chi connectivity index (χ4n) is 1.53. The van der Waals surface area contributed by atoms with E-state index in [1.807, 2.05) is 0 Å². The highest BCUT2D eigenvalue weighted by molar-refractivity contribution is 9.10. The first-order chi connectivity index (χ1) is 11.3. The first-order valence-corrected chi connectivity index (χ1v) is 7.76. The van der Waals surface area contributed by atoms with Crippen LogP contribution in [-0.4, -0.2) is 21.5 Å². The number of carboxylic acid groups (broad SMARTS) is 1. The maximum absolute atomic E-state index is 13.1. The number of carbonyl (C=O) groups is 1. The van der Waals surface area contributed by atoms with E-state index >= 15 is 0 Å². The number of nitrogen functional groups attached to an aromatic ring is 2. The number of hydrogen-bond donors (Lipinski definition) is 4. The summed E-state index contributed by atoms with van der Waals surface area (Å²) in [6.45, 7) is -0.250. The summed E-state index contributed by atoms with van der Waals surface area (Å²) >= 11 is 6.04. The molecule has 0 aliphatic heterocycles. The number of anilines is 2. The van der Waals surface area contributed by atoms with Gasteiger partial charge in [-0.15, -0.1) is 0 Å². The Morgan fingerprint density at radius 3 is 2.21 bits per heavy atom. The zero-order valence-corrected chi connectivity index (χ0v) is 15.1. The van der Waals surface area contributed by atoms with Crippen LogP contribution in [0.2, 0.25) is 0 Å². The molecule has 0 atom stereocenters. The number of hydrogen-bond acceptors (Lipinski definition) is 4. The molecular weight excluding hydrogens is 454 g/mol. The monoisotopic (exact) mass is 464 g/mol. The molecule has 0 aliphatic carbocycles. The summed E-state index contributed by atoms with van der Waals surface area (Å²) in [5, 5.41) is 6.89. The third-order valence-corrected chi connectivity index (χ3v) is 3.87. The molecule has 0 saturated carbocycles. The molecule has 0 spiro atoms. The van der Waals surface area contributed by atoms with E-state index in [-0.39, 0.29) is 23.7 Å². The first-order valence-electron chi connectivity index (χ1n) is 6.17. The van der Waals surface area contributed by atoms with Gasteiger partial charge in [-0.05, 0) is 56.1 Å². The van der Waals surface area contributed by atoms with Gasteiger partial charge in [0.25, 0.3) is 6.47 Å². The largest absolute Gasteiger partial charge is 0.483 e. The van der Waals surface area contributed by atoms with Gasteiger partial charge in [-0.3, -0.25) is 4.79 Å². The number of H-pyrrole nitrogens is 1. The second-order valence-corrected chi connectivity index (χ2v) is 5.84. The van der Waals surface area contributed by atoms with Crippen molar-refractivity contribution in [1.82, 2.24) is 9.97 Å². The number of nitrogens with zero attached hydrogens (tertiary/aromatic N) is 1. The van der Waals surface area contributed by atoms with Gasteiger partial charge in [-0.1, -0.05) is 0 Å². The van der Waals surface area contributed by atoms with Gasteiger partial charge in [0.1, 0.15) is 5.52 Å². The van der Waals surface area contributed by atoms with E-state index < -0.39 is 5.82 Å².